The van der Waals surface area contributed by atoms with Gasteiger partial charge in [-0.2, -0.15) is 0 Å². The number of rotatable bonds is 4. The van der Waals surface area contributed by atoms with Gasteiger partial charge in [-0.3, -0.25) is 14.6 Å². The lowest BCUT2D eigenvalue weighted by molar-refractivity contribution is -0.131. The van der Waals surface area contributed by atoms with Crippen molar-refractivity contribution in [2.75, 3.05) is 45.2 Å². The molecule has 8 heteroatoms. The second-order valence-electron chi connectivity index (χ2n) is 7.03. The predicted molar refractivity (Wildman–Crippen MR) is 93.3 cm³/mol. The van der Waals surface area contributed by atoms with Crippen LogP contribution in [-0.4, -0.2) is 86.3 Å². The number of likely N-dealkylation sites (N-methyl/N-ethyl adjacent to an activating group) is 1. The summed E-state index contributed by atoms with van der Waals surface area (Å²) in [6, 6.07) is 6.17. The van der Waals surface area contributed by atoms with Gasteiger partial charge >= 0.3 is 0 Å². The molecule has 1 aromatic rings. The number of carbonyl (C=O) groups excluding carboxylic acids is 1. The lowest BCUT2D eigenvalue weighted by atomic mass is 10.0. The summed E-state index contributed by atoms with van der Waals surface area (Å²) in [5.74, 6) is -0.180. The van der Waals surface area contributed by atoms with E-state index in [9.17, 15) is 17.6 Å². The Bertz CT molecular complexity index is 753. The maximum atomic E-state index is 14.0. The predicted octanol–water partition coefficient (Wildman–Crippen LogP) is 0.197. The number of benzene rings is 1. The van der Waals surface area contributed by atoms with Crippen LogP contribution < -0.4 is 0 Å². The molecular weight excluding hydrogens is 345 g/mol. The van der Waals surface area contributed by atoms with Crippen LogP contribution in [0.15, 0.2) is 24.3 Å². The molecule has 2 atom stereocenters. The van der Waals surface area contributed by atoms with Crippen LogP contribution in [0.5, 0.6) is 0 Å². The van der Waals surface area contributed by atoms with Crippen LogP contribution in [-0.2, 0) is 21.2 Å². The monoisotopic (exact) mass is 369 g/mol. The first kappa shape index (κ1) is 18.3. The Morgan fingerprint density at radius 3 is 2.40 bits per heavy atom. The zero-order valence-electron chi connectivity index (χ0n) is 14.6. The average Bonchev–Trinajstić information content (AvgIpc) is 2.87. The number of sulfone groups is 1. The summed E-state index contributed by atoms with van der Waals surface area (Å²) >= 11 is 0. The molecule has 0 aromatic heterocycles. The van der Waals surface area contributed by atoms with Gasteiger partial charge in [-0.15, -0.1) is 0 Å². The van der Waals surface area contributed by atoms with E-state index >= 15 is 0 Å². The van der Waals surface area contributed by atoms with Crippen molar-refractivity contribution in [3.63, 3.8) is 0 Å². The number of hydrogen-bond acceptors (Lipinski definition) is 5. The number of halogens is 1. The molecule has 0 radical (unpaired) electrons. The molecule has 0 aliphatic carbocycles. The van der Waals surface area contributed by atoms with Crippen LogP contribution >= 0.6 is 0 Å². The summed E-state index contributed by atoms with van der Waals surface area (Å²) in [4.78, 5) is 17.6. The Balaban J connectivity index is 1.78. The van der Waals surface area contributed by atoms with Crippen LogP contribution in [0.2, 0.25) is 0 Å². The van der Waals surface area contributed by atoms with Crippen LogP contribution in [0.1, 0.15) is 5.56 Å². The van der Waals surface area contributed by atoms with Crippen molar-refractivity contribution in [1.29, 1.82) is 0 Å². The molecule has 2 saturated heterocycles. The van der Waals surface area contributed by atoms with E-state index in [4.69, 9.17) is 0 Å². The zero-order chi connectivity index (χ0) is 18.2. The Morgan fingerprint density at radius 2 is 1.76 bits per heavy atom. The quantitative estimate of drug-likeness (QED) is 0.759. The molecule has 25 heavy (non-hydrogen) atoms. The maximum absolute atomic E-state index is 14.0. The number of amides is 1. The van der Waals surface area contributed by atoms with E-state index in [1.807, 2.05) is 9.80 Å². The average molecular weight is 369 g/mol. The zero-order valence-corrected chi connectivity index (χ0v) is 15.4. The van der Waals surface area contributed by atoms with Gasteiger partial charge in [0.1, 0.15) is 5.82 Å². The Labute approximate surface area is 148 Å². The molecule has 2 aliphatic rings. The number of carbonyl (C=O) groups is 1. The Morgan fingerprint density at radius 1 is 1.16 bits per heavy atom. The van der Waals surface area contributed by atoms with Gasteiger partial charge in [0.25, 0.3) is 0 Å². The van der Waals surface area contributed by atoms with Gasteiger partial charge in [-0.1, -0.05) is 18.2 Å². The van der Waals surface area contributed by atoms with Crippen molar-refractivity contribution in [3.8, 4) is 0 Å². The van der Waals surface area contributed by atoms with Gasteiger partial charge in [0.15, 0.2) is 9.84 Å². The molecule has 2 aliphatic heterocycles. The smallest absolute Gasteiger partial charge is 0.236 e. The van der Waals surface area contributed by atoms with E-state index < -0.39 is 9.84 Å². The maximum Gasteiger partial charge on any atom is 0.236 e. The van der Waals surface area contributed by atoms with E-state index in [0.29, 0.717) is 25.2 Å². The highest BCUT2D eigenvalue weighted by Gasteiger charge is 2.46. The fraction of sp³-hybridized carbons (Fsp3) is 0.588. The van der Waals surface area contributed by atoms with Crippen LogP contribution in [0.3, 0.4) is 0 Å². The molecule has 138 valence electrons. The van der Waals surface area contributed by atoms with Crippen molar-refractivity contribution in [3.05, 3.63) is 35.6 Å². The summed E-state index contributed by atoms with van der Waals surface area (Å²) in [5, 5.41) is 0. The van der Waals surface area contributed by atoms with Gasteiger partial charge in [-0.05, 0) is 6.07 Å². The van der Waals surface area contributed by atoms with Crippen molar-refractivity contribution >= 4 is 15.7 Å². The molecule has 0 unspecified atom stereocenters. The van der Waals surface area contributed by atoms with Crippen molar-refractivity contribution in [2.24, 2.45) is 0 Å². The van der Waals surface area contributed by atoms with E-state index in [-0.39, 0.29) is 41.9 Å². The first-order valence-electron chi connectivity index (χ1n) is 8.39. The second-order valence-corrected chi connectivity index (χ2v) is 9.19. The minimum atomic E-state index is -3.16. The van der Waals surface area contributed by atoms with E-state index in [2.05, 4.69) is 0 Å². The van der Waals surface area contributed by atoms with Crippen LogP contribution in [0.4, 0.5) is 4.39 Å². The third-order valence-corrected chi connectivity index (χ3v) is 6.77. The number of piperazine rings is 1. The number of hydrogen-bond donors (Lipinski definition) is 0. The molecule has 0 saturated carbocycles. The van der Waals surface area contributed by atoms with Gasteiger partial charge in [0, 0.05) is 51.4 Å². The minimum absolute atomic E-state index is 0.0365. The first-order chi connectivity index (χ1) is 11.8. The summed E-state index contributed by atoms with van der Waals surface area (Å²) in [6.07, 6.45) is 0. The minimum Gasteiger partial charge on any atom is -0.348 e. The third kappa shape index (κ3) is 4.02. The molecule has 0 N–H and O–H groups in total. The largest absolute Gasteiger partial charge is 0.348 e. The van der Waals surface area contributed by atoms with Gasteiger partial charge in [0.05, 0.1) is 18.1 Å². The molecule has 3 rings (SSSR count). The highest BCUT2D eigenvalue weighted by Crippen LogP contribution is 2.28. The molecule has 1 aromatic carbocycles. The Kier molecular flexibility index (Phi) is 5.13. The van der Waals surface area contributed by atoms with Gasteiger partial charge < -0.3 is 4.90 Å². The normalized spacial score (nSPS) is 26.4. The fourth-order valence-corrected chi connectivity index (χ4v) is 5.69. The SMILES string of the molecule is CN(C)C(=O)CN1CCN(Cc2ccccc2F)[C@H]2CS(=O)(=O)C[C@H]21. The molecule has 0 bridgehead atoms. The Hall–Kier alpha value is -1.51. The standard InChI is InChI=1S/C17H24FN3O3S/c1-19(2)17(22)10-21-8-7-20(9-13-5-3-4-6-14(13)18)15-11-25(23,24)12-16(15)21/h3-6,15-16H,7-12H2,1-2H3/t15-,16+/m0/s1. The lowest BCUT2D eigenvalue weighted by Crippen LogP contribution is -2.60. The van der Waals surface area contributed by atoms with Crippen molar-refractivity contribution in [2.45, 2.75) is 18.6 Å². The molecule has 2 fully saturated rings. The summed E-state index contributed by atoms with van der Waals surface area (Å²) in [6.45, 7) is 1.83. The molecule has 0 spiro atoms. The van der Waals surface area contributed by atoms with Crippen LogP contribution in [0, 0.1) is 5.82 Å². The fourth-order valence-electron chi connectivity index (χ4n) is 3.65. The summed E-state index contributed by atoms with van der Waals surface area (Å²) in [5.41, 5.74) is 0.573. The van der Waals surface area contributed by atoms with Gasteiger partial charge in [0.2, 0.25) is 5.91 Å². The van der Waals surface area contributed by atoms with E-state index in [1.54, 1.807) is 32.3 Å². The highest BCUT2D eigenvalue weighted by molar-refractivity contribution is 7.91. The third-order valence-electron chi connectivity index (χ3n) is 5.07. The second kappa shape index (κ2) is 7.01. The first-order valence-corrected chi connectivity index (χ1v) is 10.2. The van der Waals surface area contributed by atoms with Crippen molar-refractivity contribution in [1.82, 2.24) is 14.7 Å². The topological polar surface area (TPSA) is 60.9 Å². The molecular formula is C17H24FN3O3S. The molecule has 2 heterocycles. The van der Waals surface area contributed by atoms with Crippen LogP contribution in [0.25, 0.3) is 0 Å². The molecule has 6 nitrogen and oxygen atoms in total. The van der Waals surface area contributed by atoms with E-state index in [1.165, 1.54) is 11.0 Å². The summed E-state index contributed by atoms with van der Waals surface area (Å²) in [7, 11) is 0.233. The number of fused-ring (bicyclic) bond motifs is 1. The number of nitrogens with zero attached hydrogens (tertiary/aromatic N) is 3. The lowest BCUT2D eigenvalue weighted by Gasteiger charge is -2.43. The molecule has 1 amide bonds. The van der Waals surface area contributed by atoms with Crippen molar-refractivity contribution < 1.29 is 17.6 Å². The van der Waals surface area contributed by atoms with Gasteiger partial charge in [-0.25, -0.2) is 12.8 Å². The van der Waals surface area contributed by atoms with E-state index in [0.717, 1.165) is 0 Å². The summed E-state index contributed by atoms with van der Waals surface area (Å²) < 4.78 is 38.4. The highest BCUT2D eigenvalue weighted by atomic mass is 32.2.